The van der Waals surface area contributed by atoms with E-state index in [1.165, 1.54) is 24.3 Å². The van der Waals surface area contributed by atoms with E-state index in [1.54, 1.807) is 24.6 Å². The summed E-state index contributed by atoms with van der Waals surface area (Å²) in [7, 11) is 0. The first-order valence-corrected chi connectivity index (χ1v) is 7.00. The van der Waals surface area contributed by atoms with Gasteiger partial charge in [-0.1, -0.05) is 6.07 Å². The lowest BCUT2D eigenvalue weighted by Gasteiger charge is -2.07. The summed E-state index contributed by atoms with van der Waals surface area (Å²) in [5.41, 5.74) is 1.04. The number of carbonyl (C=O) groups is 1. The maximum atomic E-state index is 13.1. The number of amides is 1. The fourth-order valence-electron chi connectivity index (χ4n) is 1.99. The van der Waals surface area contributed by atoms with E-state index in [0.29, 0.717) is 12.4 Å². The van der Waals surface area contributed by atoms with Gasteiger partial charge in [0, 0.05) is 5.56 Å². The van der Waals surface area contributed by atoms with Gasteiger partial charge >= 0.3 is 0 Å². The van der Waals surface area contributed by atoms with Crippen molar-refractivity contribution >= 4 is 17.4 Å². The minimum absolute atomic E-state index is 0.242. The van der Waals surface area contributed by atoms with Gasteiger partial charge in [-0.05, 0) is 42.5 Å². The van der Waals surface area contributed by atoms with Crippen LogP contribution >= 0.6 is 0 Å². The van der Waals surface area contributed by atoms with Gasteiger partial charge in [0.2, 0.25) is 0 Å². The molecule has 5 nitrogen and oxygen atoms in total. The van der Waals surface area contributed by atoms with Crippen molar-refractivity contribution in [3.63, 3.8) is 0 Å². The summed E-state index contributed by atoms with van der Waals surface area (Å²) in [4.78, 5) is 16.1. The van der Waals surface area contributed by atoms with Crippen LogP contribution in [0, 0.1) is 5.82 Å². The highest BCUT2D eigenvalue weighted by atomic mass is 19.1. The summed E-state index contributed by atoms with van der Waals surface area (Å²) in [6.45, 7) is 0.545. The zero-order chi connectivity index (χ0) is 16.1. The predicted octanol–water partition coefficient (Wildman–Crippen LogP) is 3.68. The van der Waals surface area contributed by atoms with E-state index < -0.39 is 11.7 Å². The highest BCUT2D eigenvalue weighted by Crippen LogP contribution is 2.13. The third-order valence-electron chi connectivity index (χ3n) is 3.14. The van der Waals surface area contributed by atoms with Crippen LogP contribution in [0.3, 0.4) is 0 Å². The summed E-state index contributed by atoms with van der Waals surface area (Å²) in [6, 6.07) is 12.6. The third-order valence-corrected chi connectivity index (χ3v) is 3.14. The van der Waals surface area contributed by atoms with Crippen LogP contribution in [0.15, 0.2) is 65.4 Å². The Morgan fingerprint density at radius 1 is 1.17 bits per heavy atom. The van der Waals surface area contributed by atoms with Gasteiger partial charge in [-0.25, -0.2) is 9.37 Å². The Labute approximate surface area is 132 Å². The molecule has 2 N–H and O–H groups in total. The molecule has 3 rings (SSSR count). The van der Waals surface area contributed by atoms with Crippen molar-refractivity contribution < 1.29 is 13.6 Å². The molecule has 0 aliphatic carbocycles. The lowest BCUT2D eigenvalue weighted by molar-refractivity contribution is 0.102. The van der Waals surface area contributed by atoms with Crippen LogP contribution in [0.2, 0.25) is 0 Å². The van der Waals surface area contributed by atoms with Gasteiger partial charge in [0.25, 0.3) is 5.91 Å². The number of aromatic nitrogens is 1. The van der Waals surface area contributed by atoms with Crippen molar-refractivity contribution in [3.05, 3.63) is 78.1 Å². The average molecular weight is 311 g/mol. The molecule has 0 radical (unpaired) electrons. The van der Waals surface area contributed by atoms with Crippen molar-refractivity contribution in [2.75, 3.05) is 10.6 Å². The summed E-state index contributed by atoms with van der Waals surface area (Å²) in [5.74, 6) is 0.340. The molecule has 0 fully saturated rings. The SMILES string of the molecule is O=C(Nc1ccc(NCc2ccco2)cn1)c1cccc(F)c1. The Balaban J connectivity index is 1.59. The number of nitrogens with one attached hydrogen (secondary N) is 2. The van der Waals surface area contributed by atoms with E-state index in [-0.39, 0.29) is 5.56 Å². The van der Waals surface area contributed by atoms with E-state index in [9.17, 15) is 9.18 Å². The van der Waals surface area contributed by atoms with Crippen LogP contribution in [0.4, 0.5) is 15.9 Å². The van der Waals surface area contributed by atoms with Gasteiger partial charge in [-0.2, -0.15) is 0 Å². The molecule has 116 valence electrons. The van der Waals surface area contributed by atoms with Crippen LogP contribution < -0.4 is 10.6 Å². The molecule has 0 spiro atoms. The molecule has 1 amide bonds. The van der Waals surface area contributed by atoms with E-state index in [0.717, 1.165) is 11.4 Å². The number of anilines is 2. The second-order valence-corrected chi connectivity index (χ2v) is 4.83. The fraction of sp³-hybridized carbons (Fsp3) is 0.0588. The number of hydrogen-bond donors (Lipinski definition) is 2. The molecule has 0 saturated carbocycles. The lowest BCUT2D eigenvalue weighted by atomic mass is 10.2. The normalized spacial score (nSPS) is 10.3. The van der Waals surface area contributed by atoms with Crippen molar-refractivity contribution in [2.45, 2.75) is 6.54 Å². The standard InChI is InChI=1S/C17H14FN3O2/c18-13-4-1-3-12(9-13)17(22)21-16-7-6-14(10-20-16)19-11-15-5-2-8-23-15/h1-10,19H,11H2,(H,20,21,22). The van der Waals surface area contributed by atoms with E-state index in [4.69, 9.17) is 4.42 Å². The van der Waals surface area contributed by atoms with Gasteiger partial charge < -0.3 is 15.1 Å². The van der Waals surface area contributed by atoms with Gasteiger partial charge in [-0.3, -0.25) is 4.79 Å². The third kappa shape index (κ3) is 3.94. The number of pyridine rings is 1. The molecule has 6 heteroatoms. The average Bonchev–Trinajstić information content (AvgIpc) is 3.08. The summed E-state index contributed by atoms with van der Waals surface area (Å²) < 4.78 is 18.3. The largest absolute Gasteiger partial charge is 0.467 e. The Hall–Kier alpha value is -3.15. The van der Waals surface area contributed by atoms with Gasteiger partial charge in [-0.15, -0.1) is 0 Å². The minimum Gasteiger partial charge on any atom is -0.467 e. The number of nitrogens with zero attached hydrogens (tertiary/aromatic N) is 1. The van der Waals surface area contributed by atoms with Crippen LogP contribution in [-0.2, 0) is 6.54 Å². The molecule has 0 aliphatic heterocycles. The molecule has 0 aliphatic rings. The quantitative estimate of drug-likeness (QED) is 0.754. The first kappa shape index (κ1) is 14.8. The van der Waals surface area contributed by atoms with E-state index in [2.05, 4.69) is 15.6 Å². The maximum absolute atomic E-state index is 13.1. The Bertz CT molecular complexity index is 786. The second-order valence-electron chi connectivity index (χ2n) is 4.83. The van der Waals surface area contributed by atoms with Gasteiger partial charge in [0.15, 0.2) is 0 Å². The molecular formula is C17H14FN3O2. The highest BCUT2D eigenvalue weighted by molar-refractivity contribution is 6.03. The number of hydrogen-bond acceptors (Lipinski definition) is 4. The topological polar surface area (TPSA) is 67.2 Å². The Morgan fingerprint density at radius 3 is 2.78 bits per heavy atom. The molecule has 0 unspecified atom stereocenters. The molecular weight excluding hydrogens is 297 g/mol. The Morgan fingerprint density at radius 2 is 2.09 bits per heavy atom. The summed E-state index contributed by atoms with van der Waals surface area (Å²) in [5, 5.41) is 5.77. The zero-order valence-electron chi connectivity index (χ0n) is 12.1. The van der Waals surface area contributed by atoms with Gasteiger partial charge in [0.1, 0.15) is 17.4 Å². The smallest absolute Gasteiger partial charge is 0.256 e. The predicted molar refractivity (Wildman–Crippen MR) is 84.6 cm³/mol. The number of benzene rings is 1. The van der Waals surface area contributed by atoms with E-state index >= 15 is 0 Å². The number of carbonyl (C=O) groups excluding carboxylic acids is 1. The molecule has 0 atom stereocenters. The van der Waals surface area contributed by atoms with Crippen LogP contribution in [0.1, 0.15) is 16.1 Å². The molecule has 23 heavy (non-hydrogen) atoms. The van der Waals surface area contributed by atoms with Crippen LogP contribution in [0.5, 0.6) is 0 Å². The zero-order valence-corrected chi connectivity index (χ0v) is 12.1. The summed E-state index contributed by atoms with van der Waals surface area (Å²) in [6.07, 6.45) is 3.21. The lowest BCUT2D eigenvalue weighted by Crippen LogP contribution is -2.13. The van der Waals surface area contributed by atoms with Crippen molar-refractivity contribution in [1.82, 2.24) is 4.98 Å². The molecule has 3 aromatic rings. The van der Waals surface area contributed by atoms with Crippen molar-refractivity contribution in [3.8, 4) is 0 Å². The van der Waals surface area contributed by atoms with Crippen LogP contribution in [-0.4, -0.2) is 10.9 Å². The summed E-state index contributed by atoms with van der Waals surface area (Å²) >= 11 is 0. The minimum atomic E-state index is -0.455. The van der Waals surface area contributed by atoms with Crippen LogP contribution in [0.25, 0.3) is 0 Å². The molecule has 0 bridgehead atoms. The van der Waals surface area contributed by atoms with E-state index in [1.807, 2.05) is 12.1 Å². The van der Waals surface area contributed by atoms with Gasteiger partial charge in [0.05, 0.1) is 24.7 Å². The number of furan rings is 1. The molecule has 2 heterocycles. The number of rotatable bonds is 5. The highest BCUT2D eigenvalue weighted by Gasteiger charge is 2.07. The molecule has 0 saturated heterocycles. The molecule has 2 aromatic heterocycles. The maximum Gasteiger partial charge on any atom is 0.256 e. The second kappa shape index (κ2) is 6.74. The fourth-order valence-corrected chi connectivity index (χ4v) is 1.99. The first-order chi connectivity index (χ1) is 11.2. The Kier molecular flexibility index (Phi) is 4.33. The van der Waals surface area contributed by atoms with Crippen molar-refractivity contribution in [1.29, 1.82) is 0 Å². The molecule has 1 aromatic carbocycles. The number of halogens is 1. The first-order valence-electron chi connectivity index (χ1n) is 7.00. The monoisotopic (exact) mass is 311 g/mol. The van der Waals surface area contributed by atoms with Crippen molar-refractivity contribution in [2.24, 2.45) is 0 Å².